The van der Waals surface area contributed by atoms with Gasteiger partial charge < -0.3 is 19.7 Å². The summed E-state index contributed by atoms with van der Waals surface area (Å²) in [5, 5.41) is 6.79. The molecule has 0 bridgehead atoms. The van der Waals surface area contributed by atoms with Gasteiger partial charge in [-0.05, 0) is 25.1 Å². The highest BCUT2D eigenvalue weighted by Gasteiger charge is 2.26. The van der Waals surface area contributed by atoms with Gasteiger partial charge in [0.05, 0.1) is 24.6 Å². The number of carbonyl (C=O) groups excluding carboxylic acids is 1. The molecule has 2 aromatic rings. The van der Waals surface area contributed by atoms with Crippen molar-refractivity contribution in [2.24, 2.45) is 0 Å². The number of nitrogens with zero attached hydrogens (tertiary/aromatic N) is 3. The maximum absolute atomic E-state index is 11.9. The molecule has 2 aliphatic rings. The molecule has 2 aliphatic heterocycles. The van der Waals surface area contributed by atoms with Crippen LogP contribution in [0.3, 0.4) is 0 Å². The van der Waals surface area contributed by atoms with Crippen LogP contribution in [-0.2, 0) is 9.53 Å². The summed E-state index contributed by atoms with van der Waals surface area (Å²) in [7, 11) is 1.73. The summed E-state index contributed by atoms with van der Waals surface area (Å²) in [5.74, 6) is 0.553. The van der Waals surface area contributed by atoms with E-state index < -0.39 is 0 Å². The molecule has 1 amide bonds. The van der Waals surface area contributed by atoms with Crippen molar-refractivity contribution in [2.75, 3.05) is 63.3 Å². The molecule has 3 heterocycles. The lowest BCUT2D eigenvalue weighted by molar-refractivity contribution is -0.120. The number of ether oxygens (including phenoxy) is 2. The lowest BCUT2D eigenvalue weighted by atomic mass is 10.1. The predicted octanol–water partition coefficient (Wildman–Crippen LogP) is 2.95. The summed E-state index contributed by atoms with van der Waals surface area (Å²) >= 11 is 7.83. The molecule has 1 N–H and O–H groups in total. The Morgan fingerprint density at radius 1 is 1.32 bits per heavy atom. The molecule has 0 spiro atoms. The predicted molar refractivity (Wildman–Crippen MR) is 112 cm³/mol. The summed E-state index contributed by atoms with van der Waals surface area (Å²) in [6.07, 6.45) is 1.05. The van der Waals surface area contributed by atoms with Crippen LogP contribution < -0.4 is 15.0 Å². The fourth-order valence-electron chi connectivity index (χ4n) is 3.34. The Balaban J connectivity index is 1.41. The van der Waals surface area contributed by atoms with Crippen molar-refractivity contribution >= 4 is 39.7 Å². The van der Waals surface area contributed by atoms with E-state index in [1.54, 1.807) is 29.4 Å². The number of anilines is 2. The molecule has 9 heteroatoms. The summed E-state index contributed by atoms with van der Waals surface area (Å²) in [6.45, 7) is 5.63. The van der Waals surface area contributed by atoms with Crippen LogP contribution in [0, 0.1) is 0 Å². The number of hydrogen-bond donors (Lipinski definition) is 1. The highest BCUT2D eigenvalue weighted by atomic mass is 35.5. The minimum Gasteiger partial charge on any atom is -0.481 e. The zero-order chi connectivity index (χ0) is 19.5. The number of carbonyl (C=O) groups is 1. The summed E-state index contributed by atoms with van der Waals surface area (Å²) in [4.78, 5) is 20.6. The van der Waals surface area contributed by atoms with Crippen molar-refractivity contribution < 1.29 is 14.3 Å². The average molecular weight is 423 g/mol. The van der Waals surface area contributed by atoms with E-state index in [9.17, 15) is 4.79 Å². The van der Waals surface area contributed by atoms with Gasteiger partial charge in [0.2, 0.25) is 0 Å². The summed E-state index contributed by atoms with van der Waals surface area (Å²) < 4.78 is 11.1. The maximum atomic E-state index is 11.9. The third-order valence-electron chi connectivity index (χ3n) is 4.92. The van der Waals surface area contributed by atoms with Gasteiger partial charge in [-0.15, -0.1) is 11.3 Å². The number of likely N-dealkylation sites (N-methyl/N-ethyl adjacent to an activating group) is 1. The Morgan fingerprint density at radius 2 is 2.14 bits per heavy atom. The molecule has 28 heavy (non-hydrogen) atoms. The highest BCUT2D eigenvalue weighted by Crippen LogP contribution is 2.43. The minimum atomic E-state index is -0.0957. The zero-order valence-corrected chi connectivity index (χ0v) is 17.3. The number of aromatic nitrogens is 1. The summed E-state index contributed by atoms with van der Waals surface area (Å²) in [5.41, 5.74) is 2.27. The van der Waals surface area contributed by atoms with Gasteiger partial charge in [0, 0.05) is 42.6 Å². The van der Waals surface area contributed by atoms with E-state index in [1.165, 1.54) is 0 Å². The number of benzene rings is 1. The van der Waals surface area contributed by atoms with Crippen LogP contribution in [0.2, 0.25) is 5.02 Å². The second kappa shape index (κ2) is 8.65. The SMILES string of the molecule is CN1C(=O)COc2c(-c3csc(NCCCN4CCOCC4)n3)cc(Cl)cc21. The van der Waals surface area contributed by atoms with Gasteiger partial charge >= 0.3 is 0 Å². The van der Waals surface area contributed by atoms with Crippen LogP contribution in [0.5, 0.6) is 5.75 Å². The molecular weight excluding hydrogens is 400 g/mol. The van der Waals surface area contributed by atoms with E-state index in [0.29, 0.717) is 16.5 Å². The largest absolute Gasteiger partial charge is 0.481 e. The van der Waals surface area contributed by atoms with Crippen molar-refractivity contribution in [3.05, 3.63) is 22.5 Å². The molecule has 0 unspecified atom stereocenters. The molecule has 0 saturated carbocycles. The lowest BCUT2D eigenvalue weighted by Crippen LogP contribution is -2.37. The van der Waals surface area contributed by atoms with E-state index in [4.69, 9.17) is 21.1 Å². The fraction of sp³-hybridized carbons (Fsp3) is 0.474. The number of hydrogen-bond acceptors (Lipinski definition) is 7. The number of nitrogens with one attached hydrogen (secondary N) is 1. The molecule has 0 radical (unpaired) electrons. The Labute approximate surface area is 173 Å². The first-order valence-corrected chi connectivity index (χ1v) is 10.6. The zero-order valence-electron chi connectivity index (χ0n) is 15.7. The van der Waals surface area contributed by atoms with Crippen LogP contribution in [0.1, 0.15) is 6.42 Å². The van der Waals surface area contributed by atoms with Gasteiger partial charge in [-0.2, -0.15) is 0 Å². The molecule has 1 aromatic heterocycles. The number of rotatable bonds is 6. The van der Waals surface area contributed by atoms with Gasteiger partial charge in [-0.25, -0.2) is 4.98 Å². The van der Waals surface area contributed by atoms with Crippen molar-refractivity contribution in [3.63, 3.8) is 0 Å². The maximum Gasteiger partial charge on any atom is 0.264 e. The Bertz CT molecular complexity index is 854. The Morgan fingerprint density at radius 3 is 2.96 bits per heavy atom. The molecule has 1 saturated heterocycles. The van der Waals surface area contributed by atoms with Crippen molar-refractivity contribution in [2.45, 2.75) is 6.42 Å². The van der Waals surface area contributed by atoms with Crippen LogP contribution >= 0.6 is 22.9 Å². The summed E-state index contributed by atoms with van der Waals surface area (Å²) in [6, 6.07) is 3.58. The monoisotopic (exact) mass is 422 g/mol. The first-order chi connectivity index (χ1) is 13.6. The fourth-order valence-corrected chi connectivity index (χ4v) is 4.29. The van der Waals surface area contributed by atoms with E-state index in [0.717, 1.165) is 62.2 Å². The van der Waals surface area contributed by atoms with E-state index in [1.807, 2.05) is 11.4 Å². The Hall–Kier alpha value is -1.87. The molecular formula is C19H23ClN4O3S. The Kier molecular flexibility index (Phi) is 6.01. The quantitative estimate of drug-likeness (QED) is 0.722. The highest BCUT2D eigenvalue weighted by molar-refractivity contribution is 7.14. The lowest BCUT2D eigenvalue weighted by Gasteiger charge is -2.27. The number of morpholine rings is 1. The molecule has 0 atom stereocenters. The van der Waals surface area contributed by atoms with Crippen LogP contribution in [-0.4, -0.2) is 68.8 Å². The standard InChI is InChI=1S/C19H23ClN4O3S/c1-23-16-10-13(20)9-14(18(16)27-11-17(23)25)15-12-28-19(22-15)21-3-2-4-24-5-7-26-8-6-24/h9-10,12H,2-8,11H2,1H3,(H,21,22). The molecule has 150 valence electrons. The van der Waals surface area contributed by atoms with E-state index in [2.05, 4.69) is 15.2 Å². The number of amides is 1. The number of halogens is 1. The third-order valence-corrected chi connectivity index (χ3v) is 5.94. The average Bonchev–Trinajstić information content (AvgIpc) is 3.17. The molecule has 7 nitrogen and oxygen atoms in total. The third kappa shape index (κ3) is 4.25. The van der Waals surface area contributed by atoms with Gasteiger partial charge in [-0.1, -0.05) is 11.6 Å². The van der Waals surface area contributed by atoms with E-state index in [-0.39, 0.29) is 12.5 Å². The molecule has 1 aromatic carbocycles. The smallest absolute Gasteiger partial charge is 0.264 e. The molecule has 1 fully saturated rings. The van der Waals surface area contributed by atoms with Crippen molar-refractivity contribution in [1.29, 1.82) is 0 Å². The normalized spacial score (nSPS) is 17.4. The number of thiazole rings is 1. The first kappa shape index (κ1) is 19.4. The molecule has 4 rings (SSSR count). The first-order valence-electron chi connectivity index (χ1n) is 9.34. The van der Waals surface area contributed by atoms with Crippen LogP contribution in [0.15, 0.2) is 17.5 Å². The number of fused-ring (bicyclic) bond motifs is 1. The molecule has 0 aliphatic carbocycles. The van der Waals surface area contributed by atoms with Crippen molar-refractivity contribution in [1.82, 2.24) is 9.88 Å². The second-order valence-corrected chi connectivity index (χ2v) is 8.11. The van der Waals surface area contributed by atoms with Gasteiger partial charge in [0.25, 0.3) is 5.91 Å². The van der Waals surface area contributed by atoms with E-state index >= 15 is 0 Å². The second-order valence-electron chi connectivity index (χ2n) is 6.82. The van der Waals surface area contributed by atoms with Gasteiger partial charge in [-0.3, -0.25) is 9.69 Å². The minimum absolute atomic E-state index is 0.0227. The van der Waals surface area contributed by atoms with Gasteiger partial charge in [0.15, 0.2) is 17.5 Å². The van der Waals surface area contributed by atoms with Crippen molar-refractivity contribution in [3.8, 4) is 17.0 Å². The topological polar surface area (TPSA) is 66.9 Å². The van der Waals surface area contributed by atoms with Gasteiger partial charge in [0.1, 0.15) is 0 Å². The van der Waals surface area contributed by atoms with Crippen LogP contribution in [0.4, 0.5) is 10.8 Å². The van der Waals surface area contributed by atoms with Crippen LogP contribution in [0.25, 0.3) is 11.3 Å².